The van der Waals surface area contributed by atoms with E-state index in [0.717, 1.165) is 11.5 Å². The maximum atomic E-state index is 14.1. The van der Waals surface area contributed by atoms with E-state index >= 15 is 0 Å². The van der Waals surface area contributed by atoms with Gasteiger partial charge < -0.3 is 9.47 Å². The van der Waals surface area contributed by atoms with Crippen molar-refractivity contribution >= 4 is 0 Å². The van der Waals surface area contributed by atoms with Gasteiger partial charge in [0.25, 0.3) is 0 Å². The highest BCUT2D eigenvalue weighted by Crippen LogP contribution is 2.37. The molecule has 0 saturated heterocycles. The SMILES string of the molecule is CCCCCC1CCC(c2ccc(COc3ccc(OCC)cc3F)cc2)CC1. The fourth-order valence-electron chi connectivity index (χ4n) is 4.37. The topological polar surface area (TPSA) is 18.5 Å². The smallest absolute Gasteiger partial charge is 0.168 e. The molecular formula is C26H35FO2. The van der Waals surface area contributed by atoms with Crippen molar-refractivity contribution in [2.45, 2.75) is 77.7 Å². The van der Waals surface area contributed by atoms with Crippen LogP contribution in [0.25, 0.3) is 0 Å². The number of benzene rings is 2. The van der Waals surface area contributed by atoms with Crippen molar-refractivity contribution in [2.24, 2.45) is 5.92 Å². The Morgan fingerprint density at radius 2 is 1.66 bits per heavy atom. The normalized spacial score (nSPS) is 19.1. The Morgan fingerprint density at radius 3 is 2.31 bits per heavy atom. The lowest BCUT2D eigenvalue weighted by molar-refractivity contribution is 0.286. The molecule has 0 heterocycles. The summed E-state index contributed by atoms with van der Waals surface area (Å²) in [5, 5.41) is 0. The van der Waals surface area contributed by atoms with E-state index in [1.807, 2.05) is 6.92 Å². The Kier molecular flexibility index (Phi) is 8.39. The molecule has 29 heavy (non-hydrogen) atoms. The van der Waals surface area contributed by atoms with E-state index in [0.29, 0.717) is 24.9 Å². The molecule has 0 spiro atoms. The van der Waals surface area contributed by atoms with Crippen LogP contribution in [0.5, 0.6) is 11.5 Å². The van der Waals surface area contributed by atoms with Gasteiger partial charge in [-0.3, -0.25) is 0 Å². The van der Waals surface area contributed by atoms with Gasteiger partial charge in [-0.2, -0.15) is 0 Å². The molecule has 0 atom stereocenters. The minimum atomic E-state index is -0.386. The number of hydrogen-bond acceptors (Lipinski definition) is 2. The molecule has 3 rings (SSSR count). The minimum Gasteiger partial charge on any atom is -0.494 e. The summed E-state index contributed by atoms with van der Waals surface area (Å²) in [6, 6.07) is 13.5. The Labute approximate surface area is 175 Å². The van der Waals surface area contributed by atoms with Gasteiger partial charge in [0.05, 0.1) is 6.61 Å². The summed E-state index contributed by atoms with van der Waals surface area (Å²) >= 11 is 0. The minimum absolute atomic E-state index is 0.263. The van der Waals surface area contributed by atoms with Gasteiger partial charge >= 0.3 is 0 Å². The van der Waals surface area contributed by atoms with Crippen LogP contribution < -0.4 is 9.47 Å². The molecule has 3 heteroatoms. The summed E-state index contributed by atoms with van der Waals surface area (Å²) in [6.45, 7) is 5.05. The second kappa shape index (κ2) is 11.2. The molecule has 1 aliphatic carbocycles. The number of ether oxygens (including phenoxy) is 2. The van der Waals surface area contributed by atoms with E-state index in [1.165, 1.54) is 63.0 Å². The second-order valence-corrected chi connectivity index (χ2v) is 8.27. The fourth-order valence-corrected chi connectivity index (χ4v) is 4.37. The van der Waals surface area contributed by atoms with E-state index in [2.05, 4.69) is 31.2 Å². The highest BCUT2D eigenvalue weighted by molar-refractivity contribution is 5.33. The van der Waals surface area contributed by atoms with E-state index < -0.39 is 0 Å². The molecule has 2 nitrogen and oxygen atoms in total. The number of rotatable bonds is 10. The summed E-state index contributed by atoms with van der Waals surface area (Å²) < 4.78 is 25.1. The molecule has 1 fully saturated rings. The van der Waals surface area contributed by atoms with Gasteiger partial charge in [0.15, 0.2) is 11.6 Å². The van der Waals surface area contributed by atoms with E-state index in [-0.39, 0.29) is 11.6 Å². The van der Waals surface area contributed by atoms with Crippen LogP contribution in [-0.4, -0.2) is 6.61 Å². The van der Waals surface area contributed by atoms with Crippen molar-refractivity contribution in [1.29, 1.82) is 0 Å². The highest BCUT2D eigenvalue weighted by Gasteiger charge is 2.22. The van der Waals surface area contributed by atoms with Gasteiger partial charge in [-0.05, 0) is 67.7 Å². The lowest BCUT2D eigenvalue weighted by Gasteiger charge is -2.29. The Balaban J connectivity index is 1.47. The second-order valence-electron chi connectivity index (χ2n) is 8.27. The van der Waals surface area contributed by atoms with Gasteiger partial charge in [0, 0.05) is 6.07 Å². The van der Waals surface area contributed by atoms with Crippen molar-refractivity contribution in [3.8, 4) is 11.5 Å². The van der Waals surface area contributed by atoms with Gasteiger partial charge in [0.1, 0.15) is 12.4 Å². The third-order valence-electron chi connectivity index (χ3n) is 6.12. The van der Waals surface area contributed by atoms with Crippen molar-refractivity contribution in [1.82, 2.24) is 0 Å². The Bertz CT molecular complexity index is 733. The zero-order valence-electron chi connectivity index (χ0n) is 18.0. The van der Waals surface area contributed by atoms with Gasteiger partial charge in [-0.1, -0.05) is 56.9 Å². The van der Waals surface area contributed by atoms with Crippen molar-refractivity contribution in [3.05, 3.63) is 59.4 Å². The van der Waals surface area contributed by atoms with Crippen LogP contribution in [0, 0.1) is 11.7 Å². The van der Waals surface area contributed by atoms with E-state index in [4.69, 9.17) is 9.47 Å². The molecule has 0 N–H and O–H groups in total. The van der Waals surface area contributed by atoms with Crippen LogP contribution in [0.15, 0.2) is 42.5 Å². The van der Waals surface area contributed by atoms with Crippen molar-refractivity contribution in [3.63, 3.8) is 0 Å². The molecule has 2 aromatic carbocycles. The lowest BCUT2D eigenvalue weighted by Crippen LogP contribution is -2.13. The highest BCUT2D eigenvalue weighted by atomic mass is 19.1. The summed E-state index contributed by atoms with van der Waals surface area (Å²) in [5.41, 5.74) is 2.50. The standard InChI is InChI=1S/C26H35FO2/c1-3-5-6-7-20-8-12-22(13-9-20)23-14-10-21(11-15-23)19-29-26-17-16-24(28-4-2)18-25(26)27/h10-11,14-18,20,22H,3-9,12-13,19H2,1-2H3. The number of halogens is 1. The van der Waals surface area contributed by atoms with Crippen LogP contribution in [0.1, 0.15) is 82.3 Å². The first-order chi connectivity index (χ1) is 14.2. The molecule has 0 aliphatic heterocycles. The summed E-state index contributed by atoms with van der Waals surface area (Å²) in [6.07, 6.45) is 10.9. The quantitative estimate of drug-likeness (QED) is 0.382. The Morgan fingerprint density at radius 1 is 0.897 bits per heavy atom. The predicted octanol–water partition coefficient (Wildman–Crippen LogP) is 7.66. The predicted molar refractivity (Wildman–Crippen MR) is 117 cm³/mol. The zero-order valence-corrected chi connectivity index (χ0v) is 18.0. The first-order valence-corrected chi connectivity index (χ1v) is 11.3. The van der Waals surface area contributed by atoms with Crippen LogP contribution >= 0.6 is 0 Å². The van der Waals surface area contributed by atoms with Gasteiger partial charge in [-0.25, -0.2) is 4.39 Å². The van der Waals surface area contributed by atoms with Crippen molar-refractivity contribution < 1.29 is 13.9 Å². The van der Waals surface area contributed by atoms with Crippen molar-refractivity contribution in [2.75, 3.05) is 6.61 Å². The maximum Gasteiger partial charge on any atom is 0.168 e. The fraction of sp³-hybridized carbons (Fsp3) is 0.538. The molecule has 0 aromatic heterocycles. The van der Waals surface area contributed by atoms with Gasteiger partial charge in [-0.15, -0.1) is 0 Å². The van der Waals surface area contributed by atoms with Gasteiger partial charge in [0.2, 0.25) is 0 Å². The maximum absolute atomic E-state index is 14.1. The summed E-state index contributed by atoms with van der Waals surface area (Å²) in [5.74, 6) is 2.04. The molecule has 0 bridgehead atoms. The van der Waals surface area contributed by atoms with E-state index in [1.54, 1.807) is 12.1 Å². The molecule has 0 amide bonds. The molecule has 1 saturated carbocycles. The average Bonchev–Trinajstić information content (AvgIpc) is 2.75. The van der Waals surface area contributed by atoms with Crippen LogP contribution in [0.2, 0.25) is 0 Å². The molecule has 1 aliphatic rings. The molecule has 2 aromatic rings. The largest absolute Gasteiger partial charge is 0.494 e. The Hall–Kier alpha value is -2.03. The summed E-state index contributed by atoms with van der Waals surface area (Å²) in [4.78, 5) is 0. The third-order valence-corrected chi connectivity index (χ3v) is 6.12. The van der Waals surface area contributed by atoms with Crippen LogP contribution in [0.4, 0.5) is 4.39 Å². The van der Waals surface area contributed by atoms with Crippen LogP contribution in [-0.2, 0) is 6.61 Å². The molecule has 158 valence electrons. The average molecular weight is 399 g/mol. The van der Waals surface area contributed by atoms with Crippen LogP contribution in [0.3, 0.4) is 0 Å². The lowest BCUT2D eigenvalue weighted by atomic mass is 9.77. The van der Waals surface area contributed by atoms with E-state index in [9.17, 15) is 4.39 Å². The third kappa shape index (κ3) is 6.48. The molecule has 0 radical (unpaired) electrons. The molecule has 0 unspecified atom stereocenters. The first kappa shape index (κ1) is 21.7. The monoisotopic (exact) mass is 398 g/mol. The zero-order chi connectivity index (χ0) is 20.5. The number of unbranched alkanes of at least 4 members (excludes halogenated alkanes) is 2. The first-order valence-electron chi connectivity index (χ1n) is 11.3. The number of hydrogen-bond donors (Lipinski definition) is 0. The summed E-state index contributed by atoms with van der Waals surface area (Å²) in [7, 11) is 0. The molecular weight excluding hydrogens is 363 g/mol.